The Morgan fingerprint density at radius 3 is 2.62 bits per heavy atom. The van der Waals surface area contributed by atoms with Gasteiger partial charge in [0, 0.05) is 24.0 Å². The third kappa shape index (κ3) is 3.59. The fourth-order valence-corrected chi connectivity index (χ4v) is 2.75. The number of hydrogen-bond donors (Lipinski definition) is 3. The van der Waals surface area contributed by atoms with E-state index in [0.29, 0.717) is 11.4 Å². The second-order valence-corrected chi connectivity index (χ2v) is 5.99. The standard InChI is InChI=1S/C20H20N4O2/c1-13(23-16-7-4-14(5-8-16)20(25)26)10-18(21-2)15-6-9-17-19(11-15)24(3)12-22-17/h4-11,22-23H,1-2,12H2,3H3,(H,25,26)/b18-10-. The van der Waals surface area contributed by atoms with Crippen molar-refractivity contribution in [2.75, 3.05) is 29.2 Å². The van der Waals surface area contributed by atoms with Crippen LogP contribution in [0.2, 0.25) is 0 Å². The van der Waals surface area contributed by atoms with Gasteiger partial charge in [-0.25, -0.2) is 4.79 Å². The van der Waals surface area contributed by atoms with Gasteiger partial charge in [0.15, 0.2) is 0 Å². The van der Waals surface area contributed by atoms with Gasteiger partial charge in [-0.15, -0.1) is 0 Å². The molecule has 26 heavy (non-hydrogen) atoms. The summed E-state index contributed by atoms with van der Waals surface area (Å²) >= 11 is 0. The Kier molecular flexibility index (Phi) is 4.75. The number of benzene rings is 2. The van der Waals surface area contributed by atoms with Crippen molar-refractivity contribution in [2.24, 2.45) is 4.99 Å². The van der Waals surface area contributed by atoms with Crippen LogP contribution in [-0.2, 0) is 0 Å². The van der Waals surface area contributed by atoms with Gasteiger partial charge in [0.2, 0.25) is 0 Å². The van der Waals surface area contributed by atoms with E-state index in [4.69, 9.17) is 5.11 Å². The predicted molar refractivity (Wildman–Crippen MR) is 107 cm³/mol. The highest BCUT2D eigenvalue weighted by Crippen LogP contribution is 2.33. The molecule has 0 saturated heterocycles. The second-order valence-electron chi connectivity index (χ2n) is 5.99. The van der Waals surface area contributed by atoms with E-state index >= 15 is 0 Å². The summed E-state index contributed by atoms with van der Waals surface area (Å²) in [6, 6.07) is 12.5. The molecule has 0 unspecified atom stereocenters. The van der Waals surface area contributed by atoms with Crippen molar-refractivity contribution in [1.29, 1.82) is 0 Å². The quantitative estimate of drug-likeness (QED) is 0.546. The van der Waals surface area contributed by atoms with Crippen LogP contribution in [0.15, 0.2) is 65.8 Å². The molecule has 2 aromatic carbocycles. The maximum atomic E-state index is 10.9. The first kappa shape index (κ1) is 17.3. The van der Waals surface area contributed by atoms with Crippen LogP contribution < -0.4 is 15.5 Å². The van der Waals surface area contributed by atoms with E-state index in [2.05, 4.69) is 39.9 Å². The number of rotatable bonds is 6. The normalized spacial score (nSPS) is 13.0. The molecular formula is C20H20N4O2. The number of fused-ring (bicyclic) bond motifs is 1. The molecule has 3 rings (SSSR count). The van der Waals surface area contributed by atoms with E-state index in [1.54, 1.807) is 12.1 Å². The zero-order chi connectivity index (χ0) is 18.7. The smallest absolute Gasteiger partial charge is 0.335 e. The first-order valence-electron chi connectivity index (χ1n) is 8.05. The van der Waals surface area contributed by atoms with E-state index in [9.17, 15) is 4.79 Å². The van der Waals surface area contributed by atoms with Crippen molar-refractivity contribution in [1.82, 2.24) is 0 Å². The molecule has 0 bridgehead atoms. The van der Waals surface area contributed by atoms with Crippen LogP contribution in [0, 0.1) is 0 Å². The lowest BCUT2D eigenvalue weighted by molar-refractivity contribution is 0.0697. The molecule has 3 N–H and O–H groups in total. The van der Waals surface area contributed by atoms with Crippen LogP contribution in [0.5, 0.6) is 0 Å². The van der Waals surface area contributed by atoms with E-state index in [0.717, 1.165) is 29.3 Å². The summed E-state index contributed by atoms with van der Waals surface area (Å²) in [5.41, 5.74) is 5.46. The van der Waals surface area contributed by atoms with Crippen LogP contribution in [0.3, 0.4) is 0 Å². The highest BCUT2D eigenvalue weighted by molar-refractivity contribution is 5.88. The third-order valence-corrected chi connectivity index (χ3v) is 4.13. The van der Waals surface area contributed by atoms with Crippen LogP contribution in [0.1, 0.15) is 15.9 Å². The molecule has 1 aliphatic heterocycles. The Hall–Kier alpha value is -3.54. The Balaban J connectivity index is 1.78. The summed E-state index contributed by atoms with van der Waals surface area (Å²) in [6.45, 7) is 8.43. The zero-order valence-corrected chi connectivity index (χ0v) is 14.5. The summed E-state index contributed by atoms with van der Waals surface area (Å²) in [5, 5.41) is 15.4. The average Bonchev–Trinajstić information content (AvgIpc) is 3.00. The fourth-order valence-electron chi connectivity index (χ4n) is 2.75. The number of aromatic carboxylic acids is 1. The number of hydrogen-bond acceptors (Lipinski definition) is 5. The SMILES string of the molecule is C=N/C(=C\C(=C)Nc1ccc(C(=O)O)cc1)c1ccc2c(c1)N(C)CN2. The first-order chi connectivity index (χ1) is 12.5. The lowest BCUT2D eigenvalue weighted by Gasteiger charge is -2.12. The molecule has 0 spiro atoms. The van der Waals surface area contributed by atoms with Gasteiger partial charge in [-0.3, -0.25) is 4.99 Å². The van der Waals surface area contributed by atoms with Crippen LogP contribution in [0.4, 0.5) is 17.1 Å². The molecule has 0 radical (unpaired) electrons. The van der Waals surface area contributed by atoms with Crippen LogP contribution in [0.25, 0.3) is 5.70 Å². The minimum absolute atomic E-state index is 0.237. The maximum absolute atomic E-state index is 10.9. The van der Waals surface area contributed by atoms with Crippen LogP contribution in [-0.4, -0.2) is 31.5 Å². The highest BCUT2D eigenvalue weighted by atomic mass is 16.4. The largest absolute Gasteiger partial charge is 0.478 e. The maximum Gasteiger partial charge on any atom is 0.335 e. The van der Waals surface area contributed by atoms with Gasteiger partial charge < -0.3 is 20.6 Å². The van der Waals surface area contributed by atoms with Gasteiger partial charge in [0.1, 0.15) is 0 Å². The molecule has 0 amide bonds. The predicted octanol–water partition coefficient (Wildman–Crippen LogP) is 3.87. The number of nitrogens with one attached hydrogen (secondary N) is 2. The summed E-state index contributed by atoms with van der Waals surface area (Å²) in [4.78, 5) is 17.1. The van der Waals surface area contributed by atoms with Crippen molar-refractivity contribution >= 4 is 35.4 Å². The fraction of sp³-hybridized carbons (Fsp3) is 0.100. The minimum atomic E-state index is -0.954. The van der Waals surface area contributed by atoms with Crippen LogP contribution >= 0.6 is 0 Å². The Morgan fingerprint density at radius 2 is 1.96 bits per heavy atom. The lowest BCUT2D eigenvalue weighted by atomic mass is 10.1. The Morgan fingerprint density at radius 1 is 1.27 bits per heavy atom. The molecule has 1 aliphatic rings. The molecular weight excluding hydrogens is 328 g/mol. The van der Waals surface area contributed by atoms with Gasteiger partial charge >= 0.3 is 5.97 Å². The molecule has 132 valence electrons. The molecule has 6 heteroatoms. The van der Waals surface area contributed by atoms with Crippen molar-refractivity contribution in [3.63, 3.8) is 0 Å². The number of nitrogens with zero attached hydrogens (tertiary/aromatic N) is 2. The minimum Gasteiger partial charge on any atom is -0.478 e. The van der Waals surface area contributed by atoms with E-state index in [1.807, 2.05) is 25.3 Å². The number of allylic oxidation sites excluding steroid dienone is 1. The Bertz CT molecular complexity index is 901. The highest BCUT2D eigenvalue weighted by Gasteiger charge is 2.15. The van der Waals surface area contributed by atoms with Gasteiger partial charge in [0.05, 0.1) is 29.3 Å². The molecule has 1 heterocycles. The molecule has 0 saturated carbocycles. The van der Waals surface area contributed by atoms with Gasteiger partial charge in [0.25, 0.3) is 0 Å². The molecule has 2 aromatic rings. The van der Waals surface area contributed by atoms with Crippen molar-refractivity contribution in [3.05, 3.63) is 71.9 Å². The molecule has 0 aromatic heterocycles. The summed E-state index contributed by atoms with van der Waals surface area (Å²) in [6.07, 6.45) is 1.81. The summed E-state index contributed by atoms with van der Waals surface area (Å²) < 4.78 is 0. The lowest BCUT2D eigenvalue weighted by Crippen LogP contribution is -2.15. The summed E-state index contributed by atoms with van der Waals surface area (Å²) in [7, 11) is 2.02. The van der Waals surface area contributed by atoms with E-state index in [-0.39, 0.29) is 5.56 Å². The van der Waals surface area contributed by atoms with Crippen molar-refractivity contribution in [3.8, 4) is 0 Å². The number of anilines is 3. The first-order valence-corrected chi connectivity index (χ1v) is 8.05. The summed E-state index contributed by atoms with van der Waals surface area (Å²) in [5.74, 6) is -0.954. The second kappa shape index (κ2) is 7.14. The molecule has 6 nitrogen and oxygen atoms in total. The molecule has 0 aliphatic carbocycles. The third-order valence-electron chi connectivity index (χ3n) is 4.13. The topological polar surface area (TPSA) is 77.0 Å². The Labute approximate surface area is 152 Å². The van der Waals surface area contributed by atoms with E-state index in [1.165, 1.54) is 12.1 Å². The van der Waals surface area contributed by atoms with Gasteiger partial charge in [-0.05, 0) is 49.2 Å². The van der Waals surface area contributed by atoms with Gasteiger partial charge in [-0.2, -0.15) is 0 Å². The van der Waals surface area contributed by atoms with E-state index < -0.39 is 5.97 Å². The van der Waals surface area contributed by atoms with Crippen molar-refractivity contribution < 1.29 is 9.90 Å². The molecule has 0 atom stereocenters. The monoisotopic (exact) mass is 348 g/mol. The average molecular weight is 348 g/mol. The number of carboxylic acid groups (broad SMARTS) is 1. The number of carbonyl (C=O) groups is 1. The number of aliphatic imine (C=N–C) groups is 1. The zero-order valence-electron chi connectivity index (χ0n) is 14.5. The van der Waals surface area contributed by atoms with Crippen molar-refractivity contribution in [2.45, 2.75) is 0 Å². The van der Waals surface area contributed by atoms with Gasteiger partial charge in [-0.1, -0.05) is 12.6 Å². The number of carboxylic acids is 1. The molecule has 0 fully saturated rings.